The lowest BCUT2D eigenvalue weighted by Gasteiger charge is -2.28. The van der Waals surface area contributed by atoms with Crippen molar-refractivity contribution in [2.24, 2.45) is 11.7 Å². The monoisotopic (exact) mass is 301 g/mol. The molecular weight excluding hydrogens is 281 g/mol. The van der Waals surface area contributed by atoms with Crippen LogP contribution < -0.4 is 10.5 Å². The second-order valence-electron chi connectivity index (χ2n) is 5.41. The van der Waals surface area contributed by atoms with Gasteiger partial charge in [0.2, 0.25) is 0 Å². The number of rotatable bonds is 4. The van der Waals surface area contributed by atoms with E-state index in [0.29, 0.717) is 16.6 Å². The molecule has 106 valence electrons. The summed E-state index contributed by atoms with van der Waals surface area (Å²) in [5.74, 6) is 1.58. The van der Waals surface area contributed by atoms with E-state index < -0.39 is 0 Å². The van der Waals surface area contributed by atoms with E-state index in [4.69, 9.17) is 33.7 Å². The second kappa shape index (κ2) is 6.83. The van der Waals surface area contributed by atoms with Gasteiger partial charge in [0, 0.05) is 5.02 Å². The Morgan fingerprint density at radius 2 is 1.89 bits per heavy atom. The molecule has 1 aliphatic rings. The highest BCUT2D eigenvalue weighted by molar-refractivity contribution is 6.35. The zero-order valence-corrected chi connectivity index (χ0v) is 12.8. The molecule has 0 amide bonds. The van der Waals surface area contributed by atoms with Gasteiger partial charge in [-0.05, 0) is 62.3 Å². The van der Waals surface area contributed by atoms with Crippen LogP contribution >= 0.6 is 23.2 Å². The molecule has 0 saturated heterocycles. The predicted molar refractivity (Wildman–Crippen MR) is 81.3 cm³/mol. The maximum absolute atomic E-state index is 6.27. The average molecular weight is 302 g/mol. The fourth-order valence-corrected chi connectivity index (χ4v) is 3.18. The predicted octanol–water partition coefficient (Wildman–Crippen LogP) is 4.45. The molecule has 2 rings (SSSR count). The molecule has 0 radical (unpaired) electrons. The molecule has 1 fully saturated rings. The van der Waals surface area contributed by atoms with Gasteiger partial charge in [0.05, 0.1) is 11.1 Å². The third-order valence-electron chi connectivity index (χ3n) is 3.75. The van der Waals surface area contributed by atoms with Crippen LogP contribution in [0.15, 0.2) is 12.1 Å². The van der Waals surface area contributed by atoms with Crippen LogP contribution in [0.25, 0.3) is 0 Å². The van der Waals surface area contributed by atoms with E-state index in [2.05, 4.69) is 6.92 Å². The Kier molecular flexibility index (Phi) is 5.37. The van der Waals surface area contributed by atoms with Crippen molar-refractivity contribution in [3.05, 3.63) is 27.7 Å². The molecule has 2 N–H and O–H groups in total. The first-order chi connectivity index (χ1) is 9.10. The van der Waals surface area contributed by atoms with Gasteiger partial charge >= 0.3 is 0 Å². The number of ether oxygens (including phenoxy) is 1. The van der Waals surface area contributed by atoms with Gasteiger partial charge in [-0.1, -0.05) is 30.1 Å². The Bertz CT molecular complexity index is 428. The van der Waals surface area contributed by atoms with Gasteiger partial charge in [-0.2, -0.15) is 0 Å². The molecule has 0 bridgehead atoms. The zero-order valence-electron chi connectivity index (χ0n) is 11.3. The minimum absolute atomic E-state index is 0.270. The molecule has 4 heteroatoms. The van der Waals surface area contributed by atoms with Gasteiger partial charge in [0.25, 0.3) is 0 Å². The lowest BCUT2D eigenvalue weighted by molar-refractivity contribution is 0.134. The van der Waals surface area contributed by atoms with Crippen LogP contribution in [0.1, 0.15) is 38.2 Å². The summed E-state index contributed by atoms with van der Waals surface area (Å²) in [4.78, 5) is 0. The van der Waals surface area contributed by atoms with Crippen molar-refractivity contribution >= 4 is 23.2 Å². The van der Waals surface area contributed by atoms with Crippen molar-refractivity contribution in [1.82, 2.24) is 0 Å². The van der Waals surface area contributed by atoms with Crippen LogP contribution in [0.5, 0.6) is 5.75 Å². The molecule has 0 heterocycles. The van der Waals surface area contributed by atoms with E-state index in [1.165, 1.54) is 12.8 Å². The molecule has 0 unspecified atom stereocenters. The maximum atomic E-state index is 6.27. The van der Waals surface area contributed by atoms with E-state index in [1.807, 2.05) is 6.07 Å². The van der Waals surface area contributed by atoms with Crippen LogP contribution in [0.4, 0.5) is 0 Å². The van der Waals surface area contributed by atoms with Gasteiger partial charge in [-0.3, -0.25) is 0 Å². The highest BCUT2D eigenvalue weighted by atomic mass is 35.5. The number of hydrogen-bond acceptors (Lipinski definition) is 2. The first-order valence-electron chi connectivity index (χ1n) is 6.94. The molecule has 2 nitrogen and oxygen atoms in total. The highest BCUT2D eigenvalue weighted by Gasteiger charge is 2.21. The third kappa shape index (κ3) is 4.01. The van der Waals surface area contributed by atoms with Gasteiger partial charge < -0.3 is 10.5 Å². The minimum atomic E-state index is 0.270. The molecule has 1 aromatic carbocycles. The van der Waals surface area contributed by atoms with Crippen LogP contribution in [0, 0.1) is 5.92 Å². The normalized spacial score (nSPS) is 23.4. The van der Waals surface area contributed by atoms with Crippen molar-refractivity contribution in [3.8, 4) is 5.75 Å². The lowest BCUT2D eigenvalue weighted by atomic mass is 9.89. The smallest absolute Gasteiger partial charge is 0.141 e. The molecule has 0 aromatic heterocycles. The summed E-state index contributed by atoms with van der Waals surface area (Å²) in [5, 5.41) is 1.23. The fraction of sp³-hybridized carbons (Fsp3) is 0.600. The van der Waals surface area contributed by atoms with E-state index in [0.717, 1.165) is 36.5 Å². The van der Waals surface area contributed by atoms with Crippen LogP contribution in [-0.2, 0) is 6.42 Å². The molecule has 1 aliphatic carbocycles. The summed E-state index contributed by atoms with van der Waals surface area (Å²) >= 11 is 12.3. The summed E-state index contributed by atoms with van der Waals surface area (Å²) in [6.45, 7) is 2.86. The Morgan fingerprint density at radius 1 is 1.21 bits per heavy atom. The first-order valence-corrected chi connectivity index (χ1v) is 7.70. The SMILES string of the molecule is CC1CCC(Oc2c(Cl)cc(Cl)cc2CCN)CC1. The summed E-state index contributed by atoms with van der Waals surface area (Å²) in [5.41, 5.74) is 6.65. The minimum Gasteiger partial charge on any atom is -0.489 e. The van der Waals surface area contributed by atoms with Crippen LogP contribution in [0.2, 0.25) is 10.0 Å². The summed E-state index contributed by atoms with van der Waals surface area (Å²) < 4.78 is 6.13. The van der Waals surface area contributed by atoms with Gasteiger partial charge in [0.15, 0.2) is 0 Å². The largest absolute Gasteiger partial charge is 0.489 e. The Labute approximate surface area is 125 Å². The molecule has 0 atom stereocenters. The highest BCUT2D eigenvalue weighted by Crippen LogP contribution is 2.36. The number of hydrogen-bond donors (Lipinski definition) is 1. The third-order valence-corrected chi connectivity index (χ3v) is 4.25. The first kappa shape index (κ1) is 15.0. The molecule has 0 spiro atoms. The zero-order chi connectivity index (χ0) is 13.8. The summed E-state index contributed by atoms with van der Waals surface area (Å²) in [6.07, 6.45) is 5.65. The number of nitrogens with two attached hydrogens (primary N) is 1. The molecular formula is C15H21Cl2NO. The summed E-state index contributed by atoms with van der Waals surface area (Å²) in [6, 6.07) is 3.64. The lowest BCUT2D eigenvalue weighted by Crippen LogP contribution is -2.23. The van der Waals surface area contributed by atoms with Gasteiger partial charge in [-0.25, -0.2) is 0 Å². The molecule has 1 saturated carbocycles. The standard InChI is InChI=1S/C15H21Cl2NO/c1-10-2-4-13(5-3-10)19-15-11(6-7-18)8-12(16)9-14(15)17/h8-10,13H,2-7,18H2,1H3. The van der Waals surface area contributed by atoms with Crippen LogP contribution in [-0.4, -0.2) is 12.6 Å². The quantitative estimate of drug-likeness (QED) is 0.891. The number of benzene rings is 1. The maximum Gasteiger partial charge on any atom is 0.141 e. The van der Waals surface area contributed by atoms with E-state index in [1.54, 1.807) is 6.07 Å². The van der Waals surface area contributed by atoms with Crippen molar-refractivity contribution in [2.75, 3.05) is 6.54 Å². The Balaban J connectivity index is 2.14. The molecule has 0 aliphatic heterocycles. The Hall–Kier alpha value is -0.440. The van der Waals surface area contributed by atoms with Crippen molar-refractivity contribution in [1.29, 1.82) is 0 Å². The molecule has 1 aromatic rings. The second-order valence-corrected chi connectivity index (χ2v) is 6.26. The van der Waals surface area contributed by atoms with E-state index in [-0.39, 0.29) is 6.10 Å². The average Bonchev–Trinajstić information content (AvgIpc) is 2.36. The van der Waals surface area contributed by atoms with Gasteiger partial charge in [-0.15, -0.1) is 0 Å². The van der Waals surface area contributed by atoms with Gasteiger partial charge in [0.1, 0.15) is 5.75 Å². The summed E-state index contributed by atoms with van der Waals surface area (Å²) in [7, 11) is 0. The van der Waals surface area contributed by atoms with Crippen molar-refractivity contribution < 1.29 is 4.74 Å². The fourth-order valence-electron chi connectivity index (χ4n) is 2.60. The van der Waals surface area contributed by atoms with Crippen molar-refractivity contribution in [2.45, 2.75) is 45.1 Å². The van der Waals surface area contributed by atoms with Crippen LogP contribution in [0.3, 0.4) is 0 Å². The van der Waals surface area contributed by atoms with E-state index >= 15 is 0 Å². The topological polar surface area (TPSA) is 35.2 Å². The van der Waals surface area contributed by atoms with E-state index in [9.17, 15) is 0 Å². The Morgan fingerprint density at radius 3 is 2.53 bits per heavy atom. The number of halogens is 2. The van der Waals surface area contributed by atoms with Crippen molar-refractivity contribution in [3.63, 3.8) is 0 Å². The molecule has 19 heavy (non-hydrogen) atoms.